The molecular formula is C88H145N10O40P. The summed E-state index contributed by atoms with van der Waals surface area (Å²) in [6.45, 7) is 19.7. The van der Waals surface area contributed by atoms with E-state index < -0.39 is 222 Å². The van der Waals surface area contributed by atoms with Gasteiger partial charge >= 0.3 is 41.9 Å². The van der Waals surface area contributed by atoms with Gasteiger partial charge in [-0.2, -0.15) is 5.26 Å². The van der Waals surface area contributed by atoms with Crippen molar-refractivity contribution in [2.24, 2.45) is 0 Å². The van der Waals surface area contributed by atoms with Gasteiger partial charge in [0.15, 0.2) is 43.3 Å². The number of hydrogen-bond donors (Lipinski definition) is 7. The fourth-order valence-electron chi connectivity index (χ4n) is 14.4. The first-order valence-electron chi connectivity index (χ1n) is 46.5. The summed E-state index contributed by atoms with van der Waals surface area (Å²) in [5.41, 5.74) is 0. The van der Waals surface area contributed by atoms with Gasteiger partial charge in [-0.05, 0) is 66.7 Å². The molecule has 4 rings (SSSR count). The molecule has 0 aromatic carbocycles. The Bertz CT molecular complexity index is 3790. The van der Waals surface area contributed by atoms with Gasteiger partial charge in [-0.15, -0.1) is 0 Å². The fraction of sp³-hybridized carbons (Fsp3) is 0.807. The van der Waals surface area contributed by atoms with Crippen LogP contribution >= 0.6 is 8.53 Å². The lowest BCUT2D eigenvalue weighted by Gasteiger charge is -2.47. The number of hydrogen-bond acceptors (Lipinski definition) is 42. The van der Waals surface area contributed by atoms with Crippen LogP contribution in [0.25, 0.3) is 0 Å². The summed E-state index contributed by atoms with van der Waals surface area (Å²) in [5.74, 6) is -11.0. The number of carbonyl (C=O) groups is 16. The number of esters is 6. The SMILES string of the molecule is CC(=O)CCC1OC(OCCOCCNC(=O)C(CCC(=O)NC2CCC(=O)NCCOCCOC3OC(COC(C)=O)C(OC(C)=O)C(OC(C)=O)C3N(C(C)=O)C(=O)OCC3OC(OCCOCCCCNC2=O)C(NC(C)=O)CC3OC(C)=O)NC(=O)CCOCCOCCOCCOCCOCCOCCOP(OCCC#N)N(C(C)C)C(C)C)C(NC(C)=O)C(OC(C)=O)C1OC(C)=O. The van der Waals surface area contributed by atoms with Crippen LogP contribution < -0.4 is 37.2 Å². The molecule has 139 heavy (non-hydrogen) atoms. The van der Waals surface area contributed by atoms with Gasteiger partial charge < -0.3 is 155 Å². The van der Waals surface area contributed by atoms with E-state index in [1.165, 1.54) is 20.8 Å². The van der Waals surface area contributed by atoms with Crippen LogP contribution in [0.3, 0.4) is 0 Å². The number of fused-ring (bicyclic) bond motifs is 3. The molecule has 9 amide bonds. The van der Waals surface area contributed by atoms with E-state index in [4.69, 9.17) is 119 Å². The van der Waals surface area contributed by atoms with Gasteiger partial charge in [-0.25, -0.2) is 14.4 Å². The first-order chi connectivity index (χ1) is 66.4. The van der Waals surface area contributed by atoms with Gasteiger partial charge in [0.05, 0.1) is 164 Å². The van der Waals surface area contributed by atoms with Crippen molar-refractivity contribution in [1.82, 2.24) is 46.8 Å². The summed E-state index contributed by atoms with van der Waals surface area (Å²) >= 11 is 0. The lowest BCUT2D eigenvalue weighted by molar-refractivity contribution is -0.290. The van der Waals surface area contributed by atoms with Crippen LogP contribution in [0.4, 0.5) is 4.79 Å². The lowest BCUT2D eigenvalue weighted by Crippen LogP contribution is -2.68. The van der Waals surface area contributed by atoms with E-state index in [2.05, 4.69) is 75.7 Å². The summed E-state index contributed by atoms with van der Waals surface area (Å²) in [5, 5.41) is 27.7. The molecular weight excluding hydrogens is 1870 g/mol. The number of nitriles is 1. The van der Waals surface area contributed by atoms with Crippen LogP contribution in [0.15, 0.2) is 0 Å². The second-order valence-corrected chi connectivity index (χ2v) is 34.0. The number of nitrogens with zero attached hydrogens (tertiary/aromatic N) is 3. The highest BCUT2D eigenvalue weighted by Crippen LogP contribution is 2.46. The number of cyclic esters (lactones) is 1. The van der Waals surface area contributed by atoms with Crippen molar-refractivity contribution in [2.45, 2.75) is 278 Å². The molecule has 0 aliphatic carbocycles. The number of amides is 9. The molecule has 0 aromatic heterocycles. The molecule has 0 aromatic rings. The van der Waals surface area contributed by atoms with Crippen LogP contribution in [0, 0.1) is 11.3 Å². The number of ether oxygens (including phenoxy) is 22. The first-order valence-corrected chi connectivity index (χ1v) is 47.7. The number of nitrogens with one attached hydrogen (secondary N) is 7. The number of carbonyl (C=O) groups excluding carboxylic acids is 16. The van der Waals surface area contributed by atoms with E-state index in [9.17, 15) is 76.7 Å². The lowest BCUT2D eigenvalue weighted by atomic mass is 9.93. The van der Waals surface area contributed by atoms with E-state index in [1.807, 2.05) is 0 Å². The topological polar surface area (TPSA) is 609 Å². The number of Topliss-reactive ketones (excluding diaryl/α,β-unsaturated/α-hetero) is 1. The first kappa shape index (κ1) is 122. The van der Waals surface area contributed by atoms with E-state index in [-0.39, 0.29) is 181 Å². The van der Waals surface area contributed by atoms with Crippen LogP contribution in [0.5, 0.6) is 0 Å². The third kappa shape index (κ3) is 51.4. The minimum absolute atomic E-state index is 0.0153. The average Bonchev–Trinajstić information content (AvgIpc) is 0.872. The predicted octanol–water partition coefficient (Wildman–Crippen LogP) is 0.0594. The fourth-order valence-corrected chi connectivity index (χ4v) is 16.0. The number of imide groups is 1. The maximum atomic E-state index is 14.5. The Hall–Kier alpha value is -9.08. The van der Waals surface area contributed by atoms with Crippen molar-refractivity contribution in [1.29, 1.82) is 5.26 Å². The van der Waals surface area contributed by atoms with Crippen molar-refractivity contribution in [2.75, 3.05) is 185 Å². The van der Waals surface area contributed by atoms with Crippen LogP contribution in [0.1, 0.15) is 168 Å². The average molecular weight is 2010 g/mol. The largest absolute Gasteiger partial charge is 0.463 e. The molecule has 0 saturated carbocycles. The van der Waals surface area contributed by atoms with Gasteiger partial charge in [0.2, 0.25) is 47.3 Å². The van der Waals surface area contributed by atoms with Gasteiger partial charge in [0, 0.05) is 133 Å². The Morgan fingerprint density at radius 3 is 1.65 bits per heavy atom. The zero-order valence-electron chi connectivity index (χ0n) is 82.1. The molecule has 50 nitrogen and oxygen atoms in total. The summed E-state index contributed by atoms with van der Waals surface area (Å²) < 4.78 is 141. The van der Waals surface area contributed by atoms with Crippen molar-refractivity contribution >= 4 is 103 Å². The number of rotatable bonds is 53. The predicted molar refractivity (Wildman–Crippen MR) is 479 cm³/mol. The van der Waals surface area contributed by atoms with Gasteiger partial charge in [0.1, 0.15) is 67.6 Å². The van der Waals surface area contributed by atoms with E-state index in [0.717, 1.165) is 48.5 Å². The molecule has 2 bridgehead atoms. The minimum Gasteiger partial charge on any atom is -0.463 e. The Balaban J connectivity index is 1.46. The van der Waals surface area contributed by atoms with Crippen LogP contribution in [-0.4, -0.2) is 399 Å². The smallest absolute Gasteiger partial charge is 0.417 e. The highest BCUT2D eigenvalue weighted by Gasteiger charge is 2.57. The van der Waals surface area contributed by atoms with Crippen molar-refractivity contribution in [3.05, 3.63) is 0 Å². The molecule has 0 radical (unpaired) electrons. The highest BCUT2D eigenvalue weighted by atomic mass is 31.2. The minimum atomic E-state index is -1.86. The summed E-state index contributed by atoms with van der Waals surface area (Å²) in [6, 6.07) is -4.35. The zero-order chi connectivity index (χ0) is 103. The maximum Gasteiger partial charge on any atom is 0.417 e. The molecule has 0 spiro atoms. The van der Waals surface area contributed by atoms with E-state index in [0.29, 0.717) is 70.6 Å². The Morgan fingerprint density at radius 2 is 1.08 bits per heavy atom. The standard InChI is InChI=1S/C88H145N10O40P/c1-55(2)98(56(3)4)139(129-30-17-25-89)130-51-47-123-43-42-122-41-40-121-39-38-120-37-36-119-35-34-116-31-24-76(111)96-68(84(113)92-28-33-118-45-49-125-86-77(94-59(7)101)81(134-65(13)107)79(132-63(11)105)70(136-86)21-18-57(5)99)20-23-75(110)95-67-19-22-74(109)90-27-32-117-46-50-126-87-78(82(135-66(14)108)80(133-64(12)106)73(138-87)54-127-61(9)103)97(60(8)102)88(114)128-53-72-71(131-62(10)104)52-69(93-58(6)100)85(137-72)124-48-44-115-29-16-15-26-91-83(67)112/h55-56,67-73,77-82,85-87H,15-24,26-54H2,1-14H3,(H,90,109)(H,91,112)(H,92,113)(H,93,100)(H,94,101)(H,95,110)(H,96,111). The van der Waals surface area contributed by atoms with Crippen LogP contribution in [0.2, 0.25) is 0 Å². The number of ketones is 1. The van der Waals surface area contributed by atoms with Crippen molar-refractivity contribution in [3.8, 4) is 6.07 Å². The molecule has 4 aliphatic heterocycles. The molecule has 17 unspecified atom stereocenters. The Kier molecular flexibility index (Phi) is 62.0. The van der Waals surface area contributed by atoms with Gasteiger partial charge in [-0.3, -0.25) is 67.1 Å². The second kappa shape index (κ2) is 70.6. The van der Waals surface area contributed by atoms with Gasteiger partial charge in [-0.1, -0.05) is 0 Å². The molecule has 51 heteroatoms. The third-order valence-corrected chi connectivity index (χ3v) is 22.3. The summed E-state index contributed by atoms with van der Waals surface area (Å²) in [7, 11) is -1.36. The molecule has 4 aliphatic rings. The second-order valence-electron chi connectivity index (χ2n) is 32.6. The summed E-state index contributed by atoms with van der Waals surface area (Å²) in [6.07, 6.45) is -17.9. The van der Waals surface area contributed by atoms with Crippen molar-refractivity contribution < 1.29 is 190 Å². The highest BCUT2D eigenvalue weighted by molar-refractivity contribution is 7.44. The summed E-state index contributed by atoms with van der Waals surface area (Å²) in [4.78, 5) is 211. The maximum absolute atomic E-state index is 14.5. The normalized spacial score (nSPS) is 23.9. The molecule has 17 atom stereocenters. The Morgan fingerprint density at radius 1 is 0.532 bits per heavy atom. The quantitative estimate of drug-likeness (QED) is 0.0183. The monoisotopic (exact) mass is 2010 g/mol. The van der Waals surface area contributed by atoms with E-state index in [1.54, 1.807) is 0 Å². The molecule has 7 N–H and O–H groups in total. The third-order valence-electron chi connectivity index (χ3n) is 20.2. The van der Waals surface area contributed by atoms with E-state index >= 15 is 0 Å². The zero-order valence-corrected chi connectivity index (χ0v) is 83.0. The molecule has 792 valence electrons. The van der Waals surface area contributed by atoms with Crippen molar-refractivity contribution in [3.63, 3.8) is 0 Å². The molecule has 4 saturated heterocycles. The van der Waals surface area contributed by atoms with Crippen LogP contribution in [-0.2, 0) is 185 Å². The molecule has 4 fully saturated rings. The van der Waals surface area contributed by atoms with Gasteiger partial charge in [0.25, 0.3) is 8.53 Å². The molecule has 4 heterocycles. The Labute approximate surface area is 810 Å².